The molecule has 0 amide bonds. The highest BCUT2D eigenvalue weighted by molar-refractivity contribution is 7.92. The third kappa shape index (κ3) is 4.41. The summed E-state index contributed by atoms with van der Waals surface area (Å²) in [5.41, 5.74) is 3.15. The number of benzene rings is 2. The third-order valence-corrected chi connectivity index (χ3v) is 7.39. The summed E-state index contributed by atoms with van der Waals surface area (Å²) in [6, 6.07) is 11.8. The van der Waals surface area contributed by atoms with Crippen LogP contribution in [0.3, 0.4) is 0 Å². The zero-order chi connectivity index (χ0) is 23.1. The Bertz CT molecular complexity index is 1360. The maximum Gasteiger partial charge on any atom is 0.261 e. The van der Waals surface area contributed by atoms with Gasteiger partial charge in [0.1, 0.15) is 10.7 Å². The van der Waals surface area contributed by atoms with E-state index in [4.69, 9.17) is 11.6 Å². The second-order valence-corrected chi connectivity index (χ2v) is 11.3. The van der Waals surface area contributed by atoms with Crippen LogP contribution in [0.25, 0.3) is 16.4 Å². The first kappa shape index (κ1) is 22.4. The van der Waals surface area contributed by atoms with Crippen molar-refractivity contribution >= 4 is 38.6 Å². The van der Waals surface area contributed by atoms with E-state index in [1.807, 2.05) is 24.4 Å². The molecular formula is C22H22ClN5O2S2. The van der Waals surface area contributed by atoms with Gasteiger partial charge in [0.15, 0.2) is 0 Å². The Kier molecular flexibility index (Phi) is 5.83. The highest BCUT2D eigenvalue weighted by Crippen LogP contribution is 2.31. The number of aromatic nitrogens is 4. The van der Waals surface area contributed by atoms with Crippen molar-refractivity contribution < 1.29 is 8.42 Å². The van der Waals surface area contributed by atoms with E-state index in [0.29, 0.717) is 22.1 Å². The van der Waals surface area contributed by atoms with Crippen molar-refractivity contribution in [1.82, 2.24) is 20.0 Å². The number of sulfonamides is 1. The number of anilines is 1. The van der Waals surface area contributed by atoms with Crippen LogP contribution < -0.4 is 4.72 Å². The summed E-state index contributed by atoms with van der Waals surface area (Å²) >= 11 is 7.68. The standard InChI is InChI=1S/C22H22ClN5O2S2/c1-14-20(21-24-11-12-31-21)25-27-28(14)19-13-16(23)7-10-18(19)26-32(29,30)17-8-5-15(6-9-17)22(2,3)4/h5-13,26H,1-4H3. The smallest absolute Gasteiger partial charge is 0.261 e. The first-order valence-corrected chi connectivity index (χ1v) is 12.6. The summed E-state index contributed by atoms with van der Waals surface area (Å²) in [6.07, 6.45) is 1.70. The first-order chi connectivity index (χ1) is 15.1. The van der Waals surface area contributed by atoms with Crippen LogP contribution in [-0.4, -0.2) is 28.4 Å². The van der Waals surface area contributed by atoms with Gasteiger partial charge in [-0.25, -0.2) is 18.1 Å². The summed E-state index contributed by atoms with van der Waals surface area (Å²) < 4.78 is 30.4. The molecule has 1 N–H and O–H groups in total. The summed E-state index contributed by atoms with van der Waals surface area (Å²) in [5.74, 6) is 0. The molecule has 2 heterocycles. The highest BCUT2D eigenvalue weighted by Gasteiger charge is 2.21. The van der Waals surface area contributed by atoms with Crippen LogP contribution >= 0.6 is 22.9 Å². The van der Waals surface area contributed by atoms with E-state index in [1.54, 1.807) is 41.2 Å². The normalized spacial score (nSPS) is 12.2. The van der Waals surface area contributed by atoms with Crippen LogP contribution in [0.5, 0.6) is 0 Å². The fraction of sp³-hybridized carbons (Fsp3) is 0.227. The lowest BCUT2D eigenvalue weighted by Crippen LogP contribution is -2.16. The van der Waals surface area contributed by atoms with Crippen LogP contribution in [0.2, 0.25) is 5.02 Å². The van der Waals surface area contributed by atoms with Crippen LogP contribution in [0.1, 0.15) is 32.0 Å². The minimum Gasteiger partial charge on any atom is -0.277 e. The Morgan fingerprint density at radius 3 is 2.44 bits per heavy atom. The number of hydrogen-bond acceptors (Lipinski definition) is 6. The van der Waals surface area contributed by atoms with Crippen LogP contribution in [0, 0.1) is 6.92 Å². The molecule has 0 saturated carbocycles. The first-order valence-electron chi connectivity index (χ1n) is 9.82. The lowest BCUT2D eigenvalue weighted by Gasteiger charge is -2.19. The van der Waals surface area contributed by atoms with E-state index in [-0.39, 0.29) is 10.3 Å². The van der Waals surface area contributed by atoms with Gasteiger partial charge in [-0.05, 0) is 48.2 Å². The topological polar surface area (TPSA) is 89.8 Å². The molecule has 0 saturated heterocycles. The number of halogens is 1. The van der Waals surface area contributed by atoms with E-state index < -0.39 is 10.0 Å². The average molecular weight is 488 g/mol. The number of rotatable bonds is 5. The molecule has 0 aliphatic heterocycles. The van der Waals surface area contributed by atoms with Gasteiger partial charge in [0.2, 0.25) is 0 Å². The van der Waals surface area contributed by atoms with Gasteiger partial charge in [0, 0.05) is 16.6 Å². The van der Waals surface area contributed by atoms with Gasteiger partial charge in [-0.15, -0.1) is 16.4 Å². The molecule has 2 aromatic carbocycles. The molecule has 0 atom stereocenters. The van der Waals surface area contributed by atoms with Crippen LogP contribution in [-0.2, 0) is 15.4 Å². The van der Waals surface area contributed by atoms with Gasteiger partial charge in [0.25, 0.3) is 10.0 Å². The molecule has 0 radical (unpaired) electrons. The second kappa shape index (κ2) is 8.31. The van der Waals surface area contributed by atoms with E-state index >= 15 is 0 Å². The van der Waals surface area contributed by atoms with Crippen molar-refractivity contribution in [2.75, 3.05) is 4.72 Å². The monoisotopic (exact) mass is 487 g/mol. The van der Waals surface area contributed by atoms with Gasteiger partial charge < -0.3 is 0 Å². The van der Waals surface area contributed by atoms with Crippen molar-refractivity contribution in [2.45, 2.75) is 38.0 Å². The fourth-order valence-electron chi connectivity index (χ4n) is 3.20. The zero-order valence-electron chi connectivity index (χ0n) is 18.0. The summed E-state index contributed by atoms with van der Waals surface area (Å²) in [4.78, 5) is 4.45. The van der Waals surface area contributed by atoms with Crippen molar-refractivity contribution in [2.24, 2.45) is 0 Å². The van der Waals surface area contributed by atoms with Crippen molar-refractivity contribution in [3.05, 3.63) is 70.3 Å². The molecule has 7 nitrogen and oxygen atoms in total. The predicted octanol–water partition coefficient (Wildman–Crippen LogP) is 5.45. The molecule has 4 rings (SSSR count). The minimum absolute atomic E-state index is 0.0706. The molecule has 0 unspecified atom stereocenters. The molecule has 4 aromatic rings. The van der Waals surface area contributed by atoms with Gasteiger partial charge >= 0.3 is 0 Å². The molecular weight excluding hydrogens is 466 g/mol. The molecule has 0 spiro atoms. The largest absolute Gasteiger partial charge is 0.277 e. The maximum atomic E-state index is 13.1. The van der Waals surface area contributed by atoms with E-state index in [9.17, 15) is 8.42 Å². The van der Waals surface area contributed by atoms with Crippen LogP contribution in [0.4, 0.5) is 5.69 Å². The van der Waals surface area contributed by atoms with Crippen LogP contribution in [0.15, 0.2) is 58.9 Å². The number of thiazole rings is 1. The van der Waals surface area contributed by atoms with Gasteiger partial charge in [-0.2, -0.15) is 0 Å². The van der Waals surface area contributed by atoms with Gasteiger partial charge in [-0.3, -0.25) is 4.72 Å². The Labute approximate surface area is 196 Å². The third-order valence-electron chi connectivity index (χ3n) is 4.99. The second-order valence-electron chi connectivity index (χ2n) is 8.31. The minimum atomic E-state index is -3.83. The zero-order valence-corrected chi connectivity index (χ0v) is 20.4. The van der Waals surface area contributed by atoms with Crippen molar-refractivity contribution in [1.29, 1.82) is 0 Å². The van der Waals surface area contributed by atoms with Gasteiger partial charge in [0.05, 0.1) is 22.0 Å². The van der Waals surface area contributed by atoms with Gasteiger partial charge in [-0.1, -0.05) is 49.7 Å². The Hall–Kier alpha value is -2.75. The Morgan fingerprint density at radius 2 is 1.81 bits per heavy atom. The summed E-state index contributed by atoms with van der Waals surface area (Å²) in [7, 11) is -3.83. The van der Waals surface area contributed by atoms with Crippen molar-refractivity contribution in [3.63, 3.8) is 0 Å². The summed E-state index contributed by atoms with van der Waals surface area (Å²) in [6.45, 7) is 8.08. The number of nitrogens with one attached hydrogen (secondary N) is 1. The quantitative estimate of drug-likeness (QED) is 0.404. The molecule has 0 bridgehead atoms. The number of nitrogens with zero attached hydrogens (tertiary/aromatic N) is 4. The highest BCUT2D eigenvalue weighted by atomic mass is 35.5. The van der Waals surface area contributed by atoms with E-state index in [2.05, 4.69) is 40.8 Å². The lowest BCUT2D eigenvalue weighted by molar-refractivity contribution is 0.587. The van der Waals surface area contributed by atoms with E-state index in [1.165, 1.54) is 11.3 Å². The average Bonchev–Trinajstić information content (AvgIpc) is 3.38. The molecule has 0 aliphatic rings. The fourth-order valence-corrected chi connectivity index (χ4v) is 5.11. The predicted molar refractivity (Wildman–Crippen MR) is 128 cm³/mol. The summed E-state index contributed by atoms with van der Waals surface area (Å²) in [5, 5.41) is 11.5. The molecule has 32 heavy (non-hydrogen) atoms. The molecule has 2 aromatic heterocycles. The SMILES string of the molecule is Cc1c(-c2nccs2)nnn1-c1cc(Cl)ccc1NS(=O)(=O)c1ccc(C(C)(C)C)cc1. The molecule has 10 heteroatoms. The van der Waals surface area contributed by atoms with E-state index in [0.717, 1.165) is 16.3 Å². The molecule has 0 aliphatic carbocycles. The molecule has 166 valence electrons. The number of hydrogen-bond donors (Lipinski definition) is 1. The van der Waals surface area contributed by atoms with Crippen molar-refractivity contribution in [3.8, 4) is 16.4 Å². The Balaban J connectivity index is 1.72. The maximum absolute atomic E-state index is 13.1. The Morgan fingerprint density at radius 1 is 1.09 bits per heavy atom. The molecule has 0 fully saturated rings. The lowest BCUT2D eigenvalue weighted by atomic mass is 9.87.